The molecule has 0 saturated carbocycles. The lowest BCUT2D eigenvalue weighted by Crippen LogP contribution is -2.47. The Morgan fingerprint density at radius 1 is 1.06 bits per heavy atom. The summed E-state index contributed by atoms with van der Waals surface area (Å²) in [5.41, 5.74) is 3.05. The monoisotopic (exact) mass is 439 g/mol. The molecule has 1 aliphatic rings. The Hall–Kier alpha value is -2.31. The molecule has 0 radical (unpaired) electrons. The first-order valence-electron chi connectivity index (χ1n) is 11.2. The maximum Gasteiger partial charge on any atom is 0.226 e. The normalized spacial score (nSPS) is 14.9. The predicted octanol–water partition coefficient (Wildman–Crippen LogP) is 4.40. The van der Waals surface area contributed by atoms with E-state index < -0.39 is 0 Å². The number of rotatable bonds is 9. The average Bonchev–Trinajstić information content (AvgIpc) is 2.80. The van der Waals surface area contributed by atoms with Crippen molar-refractivity contribution in [2.24, 2.45) is 0 Å². The Balaban J connectivity index is 1.56. The van der Waals surface area contributed by atoms with Crippen LogP contribution in [0.2, 0.25) is 0 Å². The minimum atomic E-state index is 0.00450. The van der Waals surface area contributed by atoms with E-state index in [9.17, 15) is 9.59 Å². The first-order valence-corrected chi connectivity index (χ1v) is 11.8. The van der Waals surface area contributed by atoms with Crippen LogP contribution in [-0.2, 0) is 16.0 Å². The van der Waals surface area contributed by atoms with Gasteiger partial charge in [-0.1, -0.05) is 43.3 Å². The van der Waals surface area contributed by atoms with E-state index in [1.165, 1.54) is 0 Å². The van der Waals surface area contributed by atoms with Crippen molar-refractivity contribution < 1.29 is 9.59 Å². The number of carbonyl (C=O) groups excluding carboxylic acids is 2. The van der Waals surface area contributed by atoms with Gasteiger partial charge in [-0.25, -0.2) is 0 Å². The molecule has 31 heavy (non-hydrogen) atoms. The summed E-state index contributed by atoms with van der Waals surface area (Å²) in [6.07, 6.45) is 3.77. The zero-order valence-electron chi connectivity index (χ0n) is 18.3. The fraction of sp³-hybridized carbons (Fsp3) is 0.440. The highest BCUT2D eigenvalue weighted by Crippen LogP contribution is 2.25. The van der Waals surface area contributed by atoms with Gasteiger partial charge >= 0.3 is 0 Å². The van der Waals surface area contributed by atoms with Crippen molar-refractivity contribution >= 4 is 35.8 Å². The van der Waals surface area contributed by atoms with Crippen molar-refractivity contribution in [3.63, 3.8) is 0 Å². The number of nitrogens with one attached hydrogen (secondary N) is 1. The molecule has 0 atom stereocenters. The van der Waals surface area contributed by atoms with Crippen molar-refractivity contribution in [2.75, 3.05) is 35.6 Å². The van der Waals surface area contributed by atoms with E-state index in [2.05, 4.69) is 28.9 Å². The predicted molar refractivity (Wildman–Crippen MR) is 131 cm³/mol. The van der Waals surface area contributed by atoms with Gasteiger partial charge in [0.05, 0.1) is 0 Å². The van der Waals surface area contributed by atoms with Gasteiger partial charge in [-0.2, -0.15) is 12.6 Å². The second-order valence-corrected chi connectivity index (χ2v) is 8.40. The number of anilines is 2. The van der Waals surface area contributed by atoms with Crippen molar-refractivity contribution in [3.05, 3.63) is 60.2 Å². The lowest BCUT2D eigenvalue weighted by molar-refractivity contribution is -0.119. The van der Waals surface area contributed by atoms with E-state index in [4.69, 9.17) is 0 Å². The summed E-state index contributed by atoms with van der Waals surface area (Å²) in [6, 6.07) is 18.3. The van der Waals surface area contributed by atoms with Gasteiger partial charge in [0, 0.05) is 49.9 Å². The molecule has 0 bridgehead atoms. The van der Waals surface area contributed by atoms with Gasteiger partial charge in [0.15, 0.2) is 0 Å². The van der Waals surface area contributed by atoms with Gasteiger partial charge < -0.3 is 15.1 Å². The number of hydrogen-bond acceptors (Lipinski definition) is 4. The first kappa shape index (κ1) is 23.4. The van der Waals surface area contributed by atoms with Gasteiger partial charge in [0.1, 0.15) is 0 Å². The van der Waals surface area contributed by atoms with Crippen LogP contribution in [0.5, 0.6) is 0 Å². The molecule has 1 N–H and O–H groups in total. The Morgan fingerprint density at radius 3 is 2.42 bits per heavy atom. The molecule has 5 nitrogen and oxygen atoms in total. The van der Waals surface area contributed by atoms with Crippen LogP contribution in [0.4, 0.5) is 11.4 Å². The van der Waals surface area contributed by atoms with Crippen LogP contribution in [-0.4, -0.2) is 48.1 Å². The van der Waals surface area contributed by atoms with Gasteiger partial charge in [0.2, 0.25) is 11.8 Å². The summed E-state index contributed by atoms with van der Waals surface area (Å²) < 4.78 is 0. The molecule has 1 aliphatic heterocycles. The quantitative estimate of drug-likeness (QED) is 0.570. The second-order valence-electron chi connectivity index (χ2n) is 7.95. The van der Waals surface area contributed by atoms with E-state index in [1.54, 1.807) is 0 Å². The molecule has 1 fully saturated rings. The average molecular weight is 440 g/mol. The van der Waals surface area contributed by atoms with Crippen molar-refractivity contribution in [1.29, 1.82) is 0 Å². The van der Waals surface area contributed by atoms with Crippen molar-refractivity contribution in [1.82, 2.24) is 4.90 Å². The number of amides is 2. The lowest BCUT2D eigenvalue weighted by Gasteiger charge is -2.38. The molecule has 0 aromatic heterocycles. The second kappa shape index (κ2) is 11.9. The largest absolute Gasteiger partial charge is 0.326 e. The molecule has 1 heterocycles. The van der Waals surface area contributed by atoms with E-state index >= 15 is 0 Å². The molecule has 2 aromatic carbocycles. The summed E-state index contributed by atoms with van der Waals surface area (Å²) >= 11 is 4.13. The third kappa shape index (κ3) is 6.58. The van der Waals surface area contributed by atoms with E-state index in [1.807, 2.05) is 60.4 Å². The Morgan fingerprint density at radius 2 is 1.74 bits per heavy atom. The van der Waals surface area contributed by atoms with Crippen molar-refractivity contribution in [2.45, 2.75) is 45.1 Å². The smallest absolute Gasteiger partial charge is 0.226 e. The summed E-state index contributed by atoms with van der Waals surface area (Å²) in [5.74, 6) is 0.740. The highest BCUT2D eigenvalue weighted by molar-refractivity contribution is 7.80. The zero-order valence-corrected chi connectivity index (χ0v) is 19.2. The number of benzene rings is 2. The number of hydrogen-bond donors (Lipinski definition) is 2. The van der Waals surface area contributed by atoms with Crippen LogP contribution in [0.1, 0.15) is 38.2 Å². The van der Waals surface area contributed by atoms with Crippen LogP contribution in [0.3, 0.4) is 0 Å². The number of piperidine rings is 1. The van der Waals surface area contributed by atoms with E-state index in [0.29, 0.717) is 18.6 Å². The van der Waals surface area contributed by atoms with Crippen LogP contribution < -0.4 is 10.2 Å². The highest BCUT2D eigenvalue weighted by Gasteiger charge is 2.28. The third-order valence-electron chi connectivity index (χ3n) is 5.86. The van der Waals surface area contributed by atoms with Gasteiger partial charge in [0.25, 0.3) is 0 Å². The third-order valence-corrected chi connectivity index (χ3v) is 6.08. The molecular weight excluding hydrogens is 406 g/mol. The highest BCUT2D eigenvalue weighted by atomic mass is 32.1. The molecule has 0 spiro atoms. The van der Waals surface area contributed by atoms with Crippen molar-refractivity contribution in [3.8, 4) is 0 Å². The molecule has 3 rings (SSSR count). The van der Waals surface area contributed by atoms with E-state index in [0.717, 1.165) is 55.8 Å². The fourth-order valence-electron chi connectivity index (χ4n) is 4.17. The maximum atomic E-state index is 12.6. The molecule has 0 aliphatic carbocycles. The molecule has 2 aromatic rings. The van der Waals surface area contributed by atoms with Crippen LogP contribution in [0.25, 0.3) is 0 Å². The zero-order chi connectivity index (χ0) is 22.1. The van der Waals surface area contributed by atoms with Gasteiger partial charge in [-0.05, 0) is 48.8 Å². The number of likely N-dealkylation sites (tertiary alicyclic amines) is 1. The molecular formula is C25H33N3O2S. The minimum absolute atomic E-state index is 0.00450. The summed E-state index contributed by atoms with van der Waals surface area (Å²) in [7, 11) is 0. The molecule has 2 amide bonds. The summed E-state index contributed by atoms with van der Waals surface area (Å²) in [6.45, 7) is 4.82. The fourth-order valence-corrected chi connectivity index (χ4v) is 4.37. The van der Waals surface area contributed by atoms with Gasteiger partial charge in [-0.3, -0.25) is 9.59 Å². The standard InChI is InChI=1S/C25H33N3O2S/c1-2-25(30)28(21-9-4-3-5-10-21)22-13-17-27(18-14-22)16-12-20-8-6-7-11-23(20)26-24(29)15-19-31/h3-11,22,31H,2,12-19H2,1H3,(H,26,29). The molecule has 6 heteroatoms. The van der Waals surface area contributed by atoms with E-state index in [-0.39, 0.29) is 17.9 Å². The summed E-state index contributed by atoms with van der Waals surface area (Å²) in [4.78, 5) is 29.1. The van der Waals surface area contributed by atoms with Crippen LogP contribution >= 0.6 is 12.6 Å². The Bertz CT molecular complexity index is 851. The number of thiol groups is 1. The number of carbonyl (C=O) groups is 2. The number of nitrogens with zero attached hydrogens (tertiary/aromatic N) is 2. The Kier molecular flexibility index (Phi) is 8.98. The molecule has 0 unspecified atom stereocenters. The number of para-hydroxylation sites is 2. The minimum Gasteiger partial charge on any atom is -0.326 e. The first-order chi connectivity index (χ1) is 15.1. The summed E-state index contributed by atoms with van der Waals surface area (Å²) in [5, 5.41) is 3.01. The Labute approximate surface area is 191 Å². The van der Waals surface area contributed by atoms with Crippen LogP contribution in [0.15, 0.2) is 54.6 Å². The molecule has 1 saturated heterocycles. The lowest BCUT2D eigenvalue weighted by atomic mass is 10.0. The topological polar surface area (TPSA) is 52.7 Å². The van der Waals surface area contributed by atoms with Gasteiger partial charge in [-0.15, -0.1) is 0 Å². The maximum absolute atomic E-state index is 12.6. The SMILES string of the molecule is CCC(=O)N(c1ccccc1)C1CCN(CCc2ccccc2NC(=O)CCS)CC1. The molecule has 166 valence electrons. The van der Waals surface area contributed by atoms with Crippen LogP contribution in [0, 0.1) is 0 Å².